The van der Waals surface area contributed by atoms with Crippen LogP contribution in [0.15, 0.2) is 42.6 Å². The Kier molecular flexibility index (Phi) is 5.02. The number of hydrogen-bond donors (Lipinski definition) is 2. The number of nitrogens with one attached hydrogen (secondary N) is 1. The predicted molar refractivity (Wildman–Crippen MR) is 96.1 cm³/mol. The molecule has 1 aliphatic rings. The zero-order chi connectivity index (χ0) is 17.1. The first-order valence-electron chi connectivity index (χ1n) is 8.01. The fraction of sp³-hybridized carbons (Fsp3) is 0.333. The van der Waals surface area contributed by atoms with Gasteiger partial charge in [0.05, 0.1) is 10.6 Å². The number of amides is 1. The number of primary amides is 1. The summed E-state index contributed by atoms with van der Waals surface area (Å²) >= 11 is 6.22. The van der Waals surface area contributed by atoms with Crippen LogP contribution < -0.4 is 11.1 Å². The van der Waals surface area contributed by atoms with Crippen molar-refractivity contribution < 1.29 is 4.79 Å². The number of likely N-dealkylation sites (tertiary alicyclic amines) is 1. The lowest BCUT2D eigenvalue weighted by molar-refractivity contribution is 0.1000. The molecule has 1 saturated heterocycles. The summed E-state index contributed by atoms with van der Waals surface area (Å²) < 4.78 is 0. The Morgan fingerprint density at radius 1 is 1.38 bits per heavy atom. The fourth-order valence-electron chi connectivity index (χ4n) is 3.08. The number of halogens is 1. The molecule has 1 aromatic heterocycles. The molecule has 3 rings (SSSR count). The molecule has 2 unspecified atom stereocenters. The van der Waals surface area contributed by atoms with Crippen LogP contribution >= 0.6 is 11.6 Å². The van der Waals surface area contributed by atoms with Crippen LogP contribution in [-0.4, -0.2) is 34.9 Å². The molecule has 0 bridgehead atoms. The zero-order valence-electron chi connectivity index (χ0n) is 13.6. The number of hydrogen-bond acceptors (Lipinski definition) is 4. The lowest BCUT2D eigenvalue weighted by Gasteiger charge is -2.18. The summed E-state index contributed by atoms with van der Waals surface area (Å²) in [6.45, 7) is 5.09. The van der Waals surface area contributed by atoms with Crippen molar-refractivity contribution in [1.82, 2.24) is 9.88 Å². The van der Waals surface area contributed by atoms with Gasteiger partial charge in [-0.2, -0.15) is 0 Å². The van der Waals surface area contributed by atoms with Crippen molar-refractivity contribution in [2.45, 2.75) is 19.5 Å². The molecule has 0 radical (unpaired) electrons. The second-order valence-electron chi connectivity index (χ2n) is 6.33. The van der Waals surface area contributed by atoms with Crippen LogP contribution in [0.25, 0.3) is 0 Å². The van der Waals surface area contributed by atoms with E-state index in [1.54, 1.807) is 6.07 Å². The van der Waals surface area contributed by atoms with Crippen LogP contribution in [0.1, 0.15) is 22.8 Å². The average Bonchev–Trinajstić information content (AvgIpc) is 2.89. The standard InChI is InChI=1S/C18H21ClN4O/c1-12-9-23(10-13-5-3-2-4-6-13)11-16(12)22-18-15(19)7-14(8-21-18)17(20)24/h2-8,12,16H,9-11H2,1H3,(H2,20,24)(H,21,22). The Bertz CT molecular complexity index is 722. The summed E-state index contributed by atoms with van der Waals surface area (Å²) in [5.74, 6) is 0.543. The summed E-state index contributed by atoms with van der Waals surface area (Å²) in [7, 11) is 0. The zero-order valence-corrected chi connectivity index (χ0v) is 14.3. The summed E-state index contributed by atoms with van der Waals surface area (Å²) in [6.07, 6.45) is 1.46. The maximum Gasteiger partial charge on any atom is 0.250 e. The lowest BCUT2D eigenvalue weighted by Crippen LogP contribution is -2.28. The van der Waals surface area contributed by atoms with Crippen molar-refractivity contribution in [3.05, 3.63) is 58.7 Å². The molecule has 1 fully saturated rings. The van der Waals surface area contributed by atoms with Crippen molar-refractivity contribution >= 4 is 23.3 Å². The van der Waals surface area contributed by atoms with E-state index in [0.717, 1.165) is 19.6 Å². The van der Waals surface area contributed by atoms with E-state index in [2.05, 4.69) is 46.4 Å². The van der Waals surface area contributed by atoms with Gasteiger partial charge in [-0.1, -0.05) is 48.9 Å². The number of pyridine rings is 1. The number of aromatic nitrogens is 1. The van der Waals surface area contributed by atoms with Gasteiger partial charge in [-0.05, 0) is 17.5 Å². The second-order valence-corrected chi connectivity index (χ2v) is 6.73. The minimum atomic E-state index is -0.528. The Hall–Kier alpha value is -2.11. The minimum Gasteiger partial charge on any atom is -0.366 e. The van der Waals surface area contributed by atoms with Gasteiger partial charge in [0, 0.05) is 31.9 Å². The highest BCUT2D eigenvalue weighted by Gasteiger charge is 2.30. The second kappa shape index (κ2) is 7.20. The summed E-state index contributed by atoms with van der Waals surface area (Å²) in [6, 6.07) is 12.3. The minimum absolute atomic E-state index is 0.262. The lowest BCUT2D eigenvalue weighted by atomic mass is 10.1. The molecule has 0 spiro atoms. The van der Waals surface area contributed by atoms with Crippen molar-refractivity contribution in [3.8, 4) is 0 Å². The van der Waals surface area contributed by atoms with Gasteiger partial charge in [0.2, 0.25) is 5.91 Å². The molecule has 1 aromatic carbocycles. The molecule has 5 nitrogen and oxygen atoms in total. The van der Waals surface area contributed by atoms with Crippen molar-refractivity contribution in [2.24, 2.45) is 11.7 Å². The smallest absolute Gasteiger partial charge is 0.250 e. The normalized spacial score (nSPS) is 20.9. The Morgan fingerprint density at radius 2 is 2.12 bits per heavy atom. The van der Waals surface area contributed by atoms with Crippen LogP contribution in [0.5, 0.6) is 0 Å². The van der Waals surface area contributed by atoms with Crippen molar-refractivity contribution in [1.29, 1.82) is 0 Å². The quantitative estimate of drug-likeness (QED) is 0.875. The number of nitrogens with zero attached hydrogens (tertiary/aromatic N) is 2. The number of benzene rings is 1. The Balaban J connectivity index is 1.64. The Morgan fingerprint density at radius 3 is 2.79 bits per heavy atom. The maximum absolute atomic E-state index is 11.2. The van der Waals surface area contributed by atoms with Gasteiger partial charge in [0.25, 0.3) is 0 Å². The van der Waals surface area contributed by atoms with E-state index in [0.29, 0.717) is 22.3 Å². The monoisotopic (exact) mass is 344 g/mol. The summed E-state index contributed by atoms with van der Waals surface area (Å²) in [5.41, 5.74) is 6.87. The number of carbonyl (C=O) groups is 1. The summed E-state index contributed by atoms with van der Waals surface area (Å²) in [5, 5.41) is 3.82. The molecular weight excluding hydrogens is 324 g/mol. The van der Waals surface area contributed by atoms with E-state index in [1.165, 1.54) is 11.8 Å². The molecule has 0 aliphatic carbocycles. The van der Waals surface area contributed by atoms with Gasteiger partial charge in [0.15, 0.2) is 0 Å². The summed E-state index contributed by atoms with van der Waals surface area (Å²) in [4.78, 5) is 17.8. The van der Waals surface area contributed by atoms with Gasteiger partial charge in [-0.15, -0.1) is 0 Å². The SMILES string of the molecule is CC1CN(Cc2ccccc2)CC1Nc1ncc(C(N)=O)cc1Cl. The molecule has 0 saturated carbocycles. The van der Waals surface area contributed by atoms with Gasteiger partial charge in [0.1, 0.15) is 5.82 Å². The molecule has 1 amide bonds. The van der Waals surface area contributed by atoms with E-state index in [9.17, 15) is 4.79 Å². The van der Waals surface area contributed by atoms with Crippen LogP contribution in [0.2, 0.25) is 5.02 Å². The highest BCUT2D eigenvalue weighted by molar-refractivity contribution is 6.33. The molecule has 2 atom stereocenters. The van der Waals surface area contributed by atoms with E-state index in [4.69, 9.17) is 17.3 Å². The highest BCUT2D eigenvalue weighted by Crippen LogP contribution is 2.26. The molecule has 3 N–H and O–H groups in total. The topological polar surface area (TPSA) is 71.2 Å². The van der Waals surface area contributed by atoms with Gasteiger partial charge in [-0.25, -0.2) is 4.98 Å². The maximum atomic E-state index is 11.2. The van der Waals surface area contributed by atoms with E-state index in [1.807, 2.05) is 6.07 Å². The van der Waals surface area contributed by atoms with Crippen LogP contribution in [0.4, 0.5) is 5.82 Å². The Labute approximate surface area is 146 Å². The third-order valence-electron chi connectivity index (χ3n) is 4.38. The van der Waals surface area contributed by atoms with Gasteiger partial charge < -0.3 is 11.1 Å². The average molecular weight is 345 g/mol. The largest absolute Gasteiger partial charge is 0.366 e. The molecule has 1 aliphatic heterocycles. The fourth-order valence-corrected chi connectivity index (χ4v) is 3.30. The third kappa shape index (κ3) is 3.86. The highest BCUT2D eigenvalue weighted by atomic mass is 35.5. The first-order chi connectivity index (χ1) is 11.5. The van der Waals surface area contributed by atoms with E-state index < -0.39 is 5.91 Å². The first-order valence-corrected chi connectivity index (χ1v) is 8.39. The molecule has 126 valence electrons. The number of carbonyl (C=O) groups excluding carboxylic acids is 1. The van der Waals surface area contributed by atoms with E-state index in [-0.39, 0.29) is 6.04 Å². The third-order valence-corrected chi connectivity index (χ3v) is 4.67. The van der Waals surface area contributed by atoms with Crippen LogP contribution in [0.3, 0.4) is 0 Å². The van der Waals surface area contributed by atoms with Crippen molar-refractivity contribution in [2.75, 3.05) is 18.4 Å². The number of rotatable bonds is 5. The van der Waals surface area contributed by atoms with Gasteiger partial charge in [-0.3, -0.25) is 9.69 Å². The van der Waals surface area contributed by atoms with Crippen LogP contribution in [-0.2, 0) is 6.54 Å². The molecule has 2 heterocycles. The molecule has 2 aromatic rings. The predicted octanol–water partition coefficient (Wildman–Crippen LogP) is 2.77. The number of nitrogens with two attached hydrogens (primary N) is 1. The molecular formula is C18H21ClN4O. The van der Waals surface area contributed by atoms with Gasteiger partial charge >= 0.3 is 0 Å². The molecule has 6 heteroatoms. The van der Waals surface area contributed by atoms with Crippen LogP contribution in [0, 0.1) is 5.92 Å². The number of anilines is 1. The first kappa shape index (κ1) is 16.7. The van der Waals surface area contributed by atoms with Crippen molar-refractivity contribution in [3.63, 3.8) is 0 Å². The van der Waals surface area contributed by atoms with E-state index >= 15 is 0 Å². The molecule has 24 heavy (non-hydrogen) atoms.